The smallest absolute Gasteiger partial charge is 0.316 e. The van der Waals surface area contributed by atoms with Crippen molar-refractivity contribution in [2.45, 2.75) is 44.4 Å². The van der Waals surface area contributed by atoms with Gasteiger partial charge in [-0.05, 0) is 68.2 Å². The highest BCUT2D eigenvalue weighted by atomic mass is 16.5. The van der Waals surface area contributed by atoms with Crippen molar-refractivity contribution in [3.8, 4) is 5.75 Å². The lowest BCUT2D eigenvalue weighted by atomic mass is 9.52. The van der Waals surface area contributed by atoms with Gasteiger partial charge < -0.3 is 14.2 Å². The third-order valence-electron chi connectivity index (χ3n) is 6.25. The van der Waals surface area contributed by atoms with E-state index in [-0.39, 0.29) is 17.9 Å². The zero-order valence-corrected chi connectivity index (χ0v) is 15.4. The minimum Gasteiger partial charge on any atom is -0.497 e. The molecule has 3 atom stereocenters. The molecule has 5 nitrogen and oxygen atoms in total. The summed E-state index contributed by atoms with van der Waals surface area (Å²) in [6.07, 6.45) is 3.56. The van der Waals surface area contributed by atoms with Gasteiger partial charge in [-0.25, -0.2) is 0 Å². The first kappa shape index (κ1) is 17.8. The molecule has 2 aliphatic carbocycles. The molecule has 0 aromatic heterocycles. The molecule has 2 aliphatic rings. The molecule has 1 aromatic carbocycles. The first-order valence-corrected chi connectivity index (χ1v) is 8.75. The number of benzene rings is 1. The van der Waals surface area contributed by atoms with E-state index >= 15 is 0 Å². The van der Waals surface area contributed by atoms with Crippen LogP contribution in [0.5, 0.6) is 5.75 Å². The number of carbonyl (C=O) groups excluding carboxylic acids is 2. The number of fused-ring (bicyclic) bond motifs is 3. The maximum atomic E-state index is 12.9. The number of carbonyl (C=O) groups is 2. The summed E-state index contributed by atoms with van der Waals surface area (Å²) in [5.74, 6) is 0.480. The normalized spacial score (nSPS) is 30.6. The van der Waals surface area contributed by atoms with Gasteiger partial charge in [0.1, 0.15) is 5.75 Å². The van der Waals surface area contributed by atoms with E-state index < -0.39 is 10.8 Å². The Kier molecular flexibility index (Phi) is 4.52. The Morgan fingerprint density at radius 1 is 1.08 bits per heavy atom. The third-order valence-corrected chi connectivity index (χ3v) is 6.25. The molecule has 0 amide bonds. The number of aryl methyl sites for hydroxylation is 1. The van der Waals surface area contributed by atoms with E-state index in [4.69, 9.17) is 14.2 Å². The van der Waals surface area contributed by atoms with Crippen molar-refractivity contribution in [2.24, 2.45) is 11.3 Å². The Labute approximate surface area is 148 Å². The summed E-state index contributed by atoms with van der Waals surface area (Å²) in [5.41, 5.74) is 0.953. The fourth-order valence-corrected chi connectivity index (χ4v) is 4.86. The fraction of sp³-hybridized carbons (Fsp3) is 0.600. The maximum absolute atomic E-state index is 12.9. The van der Waals surface area contributed by atoms with Crippen LogP contribution in [-0.2, 0) is 30.9 Å². The second-order valence-electron chi connectivity index (χ2n) is 7.48. The minimum atomic E-state index is -0.678. The summed E-state index contributed by atoms with van der Waals surface area (Å²) in [6, 6.07) is 5.92. The molecule has 1 saturated carbocycles. The van der Waals surface area contributed by atoms with Crippen LogP contribution in [0.15, 0.2) is 18.2 Å². The number of esters is 2. The number of hydrogen-bond donors (Lipinski definition) is 0. The standard InChI is InChI=1S/C20H26O5/c1-19(17(21)24-3)9-10-20(18(22)25-4)14(12-19)6-5-13-11-15(23-2)7-8-16(13)20/h7-8,11,14H,5-6,9-10,12H2,1-4H3/t14-,19-,20+/m0/s1. The Hall–Kier alpha value is -2.04. The van der Waals surface area contributed by atoms with Gasteiger partial charge >= 0.3 is 11.9 Å². The van der Waals surface area contributed by atoms with Crippen molar-refractivity contribution in [3.05, 3.63) is 29.3 Å². The average Bonchev–Trinajstić information content (AvgIpc) is 2.65. The lowest BCUT2D eigenvalue weighted by molar-refractivity contribution is -0.164. The number of methoxy groups -OCH3 is 3. The molecule has 0 saturated heterocycles. The highest BCUT2D eigenvalue weighted by Gasteiger charge is 2.57. The first-order valence-electron chi connectivity index (χ1n) is 8.75. The Morgan fingerprint density at radius 2 is 1.80 bits per heavy atom. The lowest BCUT2D eigenvalue weighted by Crippen LogP contribution is -2.53. The van der Waals surface area contributed by atoms with Crippen molar-refractivity contribution in [1.82, 2.24) is 0 Å². The Bertz CT molecular complexity index is 697. The van der Waals surface area contributed by atoms with Crippen molar-refractivity contribution in [2.75, 3.05) is 21.3 Å². The monoisotopic (exact) mass is 346 g/mol. The summed E-state index contributed by atoms with van der Waals surface area (Å²) in [6.45, 7) is 1.95. The molecule has 1 fully saturated rings. The molecule has 0 radical (unpaired) electrons. The fourth-order valence-electron chi connectivity index (χ4n) is 4.86. The molecule has 5 heteroatoms. The van der Waals surface area contributed by atoms with Gasteiger partial charge in [-0.15, -0.1) is 0 Å². The summed E-state index contributed by atoms with van der Waals surface area (Å²) in [5, 5.41) is 0. The number of hydrogen-bond acceptors (Lipinski definition) is 5. The SMILES string of the molecule is COC(=O)[C@@]1(C)CC[C@]2(C(=O)OC)c3ccc(OC)cc3CC[C@H]2C1. The van der Waals surface area contributed by atoms with Gasteiger partial charge in [-0.2, -0.15) is 0 Å². The van der Waals surface area contributed by atoms with Gasteiger partial charge in [0.05, 0.1) is 32.2 Å². The van der Waals surface area contributed by atoms with E-state index in [2.05, 4.69) is 0 Å². The summed E-state index contributed by atoms with van der Waals surface area (Å²) in [7, 11) is 4.52. The molecule has 3 rings (SSSR count). The van der Waals surface area contributed by atoms with Crippen LogP contribution in [0.4, 0.5) is 0 Å². The van der Waals surface area contributed by atoms with E-state index in [0.717, 1.165) is 29.7 Å². The van der Waals surface area contributed by atoms with Crippen LogP contribution in [-0.4, -0.2) is 33.3 Å². The van der Waals surface area contributed by atoms with Gasteiger partial charge in [0.15, 0.2) is 0 Å². The van der Waals surface area contributed by atoms with Crippen LogP contribution < -0.4 is 4.74 Å². The molecule has 136 valence electrons. The Morgan fingerprint density at radius 3 is 2.44 bits per heavy atom. The van der Waals surface area contributed by atoms with Gasteiger partial charge in [0, 0.05) is 0 Å². The van der Waals surface area contributed by atoms with Gasteiger partial charge in [0.25, 0.3) is 0 Å². The highest BCUT2D eigenvalue weighted by Crippen LogP contribution is 2.56. The second-order valence-corrected chi connectivity index (χ2v) is 7.48. The van der Waals surface area contributed by atoms with E-state index in [0.29, 0.717) is 19.3 Å². The molecule has 0 spiro atoms. The van der Waals surface area contributed by atoms with Crippen LogP contribution >= 0.6 is 0 Å². The highest BCUT2D eigenvalue weighted by molar-refractivity contribution is 5.86. The minimum absolute atomic E-state index is 0.0682. The lowest BCUT2D eigenvalue weighted by Gasteiger charge is -2.50. The molecular formula is C20H26O5. The Balaban J connectivity index is 2.07. The van der Waals surface area contributed by atoms with Crippen molar-refractivity contribution >= 4 is 11.9 Å². The second kappa shape index (κ2) is 6.36. The van der Waals surface area contributed by atoms with Crippen molar-refractivity contribution in [1.29, 1.82) is 0 Å². The van der Waals surface area contributed by atoms with Crippen molar-refractivity contribution < 1.29 is 23.8 Å². The summed E-state index contributed by atoms with van der Waals surface area (Å²) < 4.78 is 15.6. The largest absolute Gasteiger partial charge is 0.497 e. The topological polar surface area (TPSA) is 61.8 Å². The molecular weight excluding hydrogens is 320 g/mol. The van der Waals surface area contributed by atoms with Crippen molar-refractivity contribution in [3.63, 3.8) is 0 Å². The number of ether oxygens (including phenoxy) is 3. The molecule has 25 heavy (non-hydrogen) atoms. The van der Waals surface area contributed by atoms with Crippen LogP contribution in [0, 0.1) is 11.3 Å². The predicted octanol–water partition coefficient (Wildman–Crippen LogP) is 3.03. The van der Waals surface area contributed by atoms with Crippen LogP contribution in [0.3, 0.4) is 0 Å². The van der Waals surface area contributed by atoms with E-state index in [1.165, 1.54) is 14.2 Å². The van der Waals surface area contributed by atoms with Crippen LogP contribution in [0.25, 0.3) is 0 Å². The molecule has 0 unspecified atom stereocenters. The molecule has 1 aromatic rings. The predicted molar refractivity (Wildman–Crippen MR) is 92.5 cm³/mol. The van der Waals surface area contributed by atoms with Crippen LogP contribution in [0.2, 0.25) is 0 Å². The summed E-state index contributed by atoms with van der Waals surface area (Å²) >= 11 is 0. The van der Waals surface area contributed by atoms with E-state index in [1.807, 2.05) is 25.1 Å². The van der Waals surface area contributed by atoms with Gasteiger partial charge in [0.2, 0.25) is 0 Å². The zero-order chi connectivity index (χ0) is 18.2. The first-order chi connectivity index (χ1) is 11.9. The average molecular weight is 346 g/mol. The third kappa shape index (κ3) is 2.60. The van der Waals surface area contributed by atoms with E-state index in [1.54, 1.807) is 7.11 Å². The molecule has 0 bridgehead atoms. The van der Waals surface area contributed by atoms with E-state index in [9.17, 15) is 9.59 Å². The maximum Gasteiger partial charge on any atom is 0.316 e. The molecule has 0 aliphatic heterocycles. The molecule has 0 N–H and O–H groups in total. The quantitative estimate of drug-likeness (QED) is 0.787. The molecule has 0 heterocycles. The van der Waals surface area contributed by atoms with Crippen LogP contribution in [0.1, 0.15) is 43.7 Å². The summed E-state index contributed by atoms with van der Waals surface area (Å²) in [4.78, 5) is 25.2. The van der Waals surface area contributed by atoms with Gasteiger partial charge in [-0.1, -0.05) is 6.07 Å². The zero-order valence-electron chi connectivity index (χ0n) is 15.4. The number of rotatable bonds is 3. The van der Waals surface area contributed by atoms with Gasteiger partial charge in [-0.3, -0.25) is 9.59 Å².